The molecule has 4 rings (SSSR count). The highest BCUT2D eigenvalue weighted by Gasteiger charge is 2.22. The van der Waals surface area contributed by atoms with Crippen LogP contribution >= 0.6 is 0 Å². The number of Topliss-reactive ketones (excluding diaryl/α,β-unsaturated/α-hetero) is 1. The maximum absolute atomic E-state index is 12.1. The second-order valence-corrected chi connectivity index (χ2v) is 11.1. The normalized spacial score (nSPS) is 11.3. The van der Waals surface area contributed by atoms with Crippen LogP contribution in [-0.2, 0) is 14.1 Å². The summed E-state index contributed by atoms with van der Waals surface area (Å²) < 4.78 is 3.03. The van der Waals surface area contributed by atoms with E-state index in [2.05, 4.69) is 33.6 Å². The summed E-state index contributed by atoms with van der Waals surface area (Å²) in [5.41, 5.74) is 0.227. The number of carbonyl (C=O) groups excluding carboxylic acids is 1. The van der Waals surface area contributed by atoms with Crippen LogP contribution in [-0.4, -0.2) is 57.4 Å². The molecule has 0 aromatic carbocycles. The van der Waals surface area contributed by atoms with E-state index >= 15 is 0 Å². The molecule has 11 heteroatoms. The summed E-state index contributed by atoms with van der Waals surface area (Å²) in [5, 5.41) is 29.6. The van der Waals surface area contributed by atoms with Crippen molar-refractivity contribution in [2.24, 2.45) is 14.1 Å². The van der Waals surface area contributed by atoms with Gasteiger partial charge in [0, 0.05) is 54.2 Å². The Bertz CT molecular complexity index is 2000. The number of H-pyrrole nitrogens is 2. The van der Waals surface area contributed by atoms with E-state index in [0.717, 1.165) is 5.69 Å². The number of aromatic amines is 2. The topological polar surface area (TPSA) is 170 Å². The minimum Gasteiger partial charge on any atom is -0.478 e. The van der Waals surface area contributed by atoms with Gasteiger partial charge in [-0.3, -0.25) is 14.4 Å². The van der Waals surface area contributed by atoms with Crippen LogP contribution in [0, 0.1) is 37.5 Å². The number of pyridine rings is 2. The van der Waals surface area contributed by atoms with Gasteiger partial charge in [-0.05, 0) is 48.5 Å². The maximum atomic E-state index is 12.1. The van der Waals surface area contributed by atoms with Crippen molar-refractivity contribution in [3.8, 4) is 23.7 Å². The van der Waals surface area contributed by atoms with Crippen LogP contribution in [0.15, 0.2) is 22.0 Å². The Kier molecular flexibility index (Phi) is 8.45. The summed E-state index contributed by atoms with van der Waals surface area (Å²) in [6.07, 6.45) is 2.96. The van der Waals surface area contributed by atoms with Gasteiger partial charge in [-0.25, -0.2) is 4.79 Å². The van der Waals surface area contributed by atoms with E-state index in [1.165, 1.54) is 37.7 Å². The fourth-order valence-corrected chi connectivity index (χ4v) is 4.49. The summed E-state index contributed by atoms with van der Waals surface area (Å²) in [6.45, 7) is 11.1. The van der Waals surface area contributed by atoms with Crippen molar-refractivity contribution < 1.29 is 24.9 Å². The molecule has 0 spiro atoms. The first-order valence-electron chi connectivity index (χ1n) is 12.9. The van der Waals surface area contributed by atoms with E-state index in [9.17, 15) is 34.5 Å². The maximum Gasteiger partial charge on any atom is 0.338 e. The molecule has 0 saturated heterocycles. The number of ketones is 1. The second-order valence-electron chi connectivity index (χ2n) is 11.1. The van der Waals surface area contributed by atoms with Gasteiger partial charge in [-0.1, -0.05) is 23.7 Å². The molecule has 0 atom stereocenters. The Balaban J connectivity index is 0.000000230. The Labute approximate surface area is 241 Å². The third-order valence-electron chi connectivity index (χ3n) is 6.41. The summed E-state index contributed by atoms with van der Waals surface area (Å²) in [6, 6.07) is 0. The SMILES string of the molecule is CC(=O)c1c(C)n(C)c2c(=O)[nH]cc(C#CC(C)(C)O)c12.Cc1[nH]c2c(=O)n(C)cc(C#CC(C)(C)O)c2c1C(=O)O. The van der Waals surface area contributed by atoms with E-state index < -0.39 is 17.2 Å². The van der Waals surface area contributed by atoms with Crippen molar-refractivity contribution in [3.63, 3.8) is 0 Å². The molecule has 5 N–H and O–H groups in total. The van der Waals surface area contributed by atoms with Gasteiger partial charge in [0.15, 0.2) is 5.78 Å². The lowest BCUT2D eigenvalue weighted by molar-refractivity contribution is 0.0698. The molecule has 0 bridgehead atoms. The van der Waals surface area contributed by atoms with Crippen molar-refractivity contribution in [1.29, 1.82) is 0 Å². The predicted molar refractivity (Wildman–Crippen MR) is 160 cm³/mol. The van der Waals surface area contributed by atoms with Crippen LogP contribution in [0.3, 0.4) is 0 Å². The van der Waals surface area contributed by atoms with Gasteiger partial charge < -0.3 is 34.4 Å². The lowest BCUT2D eigenvalue weighted by Gasteiger charge is -2.07. The number of carboxylic acids is 1. The first-order valence-corrected chi connectivity index (χ1v) is 12.9. The number of hydrogen-bond donors (Lipinski definition) is 5. The van der Waals surface area contributed by atoms with Crippen LogP contribution in [0.2, 0.25) is 0 Å². The average molecular weight is 575 g/mol. The number of aromatic carboxylic acids is 1. The summed E-state index contributed by atoms with van der Waals surface area (Å²) >= 11 is 0. The number of hydrogen-bond acceptors (Lipinski definition) is 6. The van der Waals surface area contributed by atoms with E-state index in [-0.39, 0.29) is 33.4 Å². The molecule has 11 nitrogen and oxygen atoms in total. The number of aliphatic hydroxyl groups is 2. The smallest absolute Gasteiger partial charge is 0.338 e. The molecule has 0 fully saturated rings. The van der Waals surface area contributed by atoms with E-state index in [1.54, 1.807) is 46.4 Å². The molecule has 0 aliphatic rings. The molecular formula is C31H34N4O7. The molecule has 42 heavy (non-hydrogen) atoms. The van der Waals surface area contributed by atoms with Gasteiger partial charge in [0.25, 0.3) is 11.1 Å². The van der Waals surface area contributed by atoms with Gasteiger partial charge in [-0.15, -0.1) is 0 Å². The van der Waals surface area contributed by atoms with Gasteiger partial charge in [-0.2, -0.15) is 0 Å². The zero-order valence-corrected chi connectivity index (χ0v) is 25.0. The highest BCUT2D eigenvalue weighted by atomic mass is 16.4. The molecule has 0 unspecified atom stereocenters. The Morgan fingerprint density at radius 2 is 1.45 bits per heavy atom. The molecule has 4 aromatic rings. The number of rotatable bonds is 2. The van der Waals surface area contributed by atoms with Crippen LogP contribution in [0.5, 0.6) is 0 Å². The minimum atomic E-state index is -1.21. The Hall–Kier alpha value is -4.84. The van der Waals surface area contributed by atoms with E-state index in [1.807, 2.05) is 0 Å². The molecular weight excluding hydrogens is 540 g/mol. The van der Waals surface area contributed by atoms with Crippen LogP contribution in [0.1, 0.15) is 77.8 Å². The molecule has 0 saturated carbocycles. The molecule has 4 aromatic heterocycles. The Morgan fingerprint density at radius 3 is 1.95 bits per heavy atom. The number of nitrogens with zero attached hydrogens (tertiary/aromatic N) is 2. The van der Waals surface area contributed by atoms with Gasteiger partial charge in [0.2, 0.25) is 0 Å². The average Bonchev–Trinajstić information content (AvgIpc) is 3.34. The second kappa shape index (κ2) is 11.2. The molecule has 0 radical (unpaired) electrons. The molecule has 220 valence electrons. The van der Waals surface area contributed by atoms with Crippen molar-refractivity contribution >= 4 is 33.6 Å². The highest BCUT2D eigenvalue weighted by Crippen LogP contribution is 2.26. The molecule has 0 aliphatic carbocycles. The van der Waals surface area contributed by atoms with Crippen molar-refractivity contribution in [2.45, 2.75) is 59.7 Å². The number of carbonyl (C=O) groups is 2. The number of carboxylic acid groups (broad SMARTS) is 1. The lowest BCUT2D eigenvalue weighted by Crippen LogP contribution is -2.18. The Morgan fingerprint density at radius 1 is 0.905 bits per heavy atom. The zero-order chi connectivity index (χ0) is 31.9. The van der Waals surface area contributed by atoms with Crippen molar-refractivity contribution in [2.75, 3.05) is 0 Å². The van der Waals surface area contributed by atoms with Gasteiger partial charge in [0.1, 0.15) is 22.2 Å². The van der Waals surface area contributed by atoms with Gasteiger partial charge >= 0.3 is 5.97 Å². The number of aromatic nitrogens is 4. The summed E-state index contributed by atoms with van der Waals surface area (Å²) in [7, 11) is 3.31. The van der Waals surface area contributed by atoms with Crippen LogP contribution in [0.25, 0.3) is 21.8 Å². The van der Waals surface area contributed by atoms with E-state index in [4.69, 9.17) is 0 Å². The van der Waals surface area contributed by atoms with Gasteiger partial charge in [0.05, 0.1) is 16.7 Å². The fraction of sp³-hybridized carbons (Fsp3) is 0.355. The first kappa shape index (κ1) is 31.7. The number of aryl methyl sites for hydroxylation is 3. The highest BCUT2D eigenvalue weighted by molar-refractivity contribution is 6.10. The minimum absolute atomic E-state index is 0.0303. The quantitative estimate of drug-likeness (QED) is 0.181. The van der Waals surface area contributed by atoms with Crippen molar-refractivity contribution in [3.05, 3.63) is 66.7 Å². The van der Waals surface area contributed by atoms with Crippen molar-refractivity contribution in [1.82, 2.24) is 19.1 Å². The lowest BCUT2D eigenvalue weighted by atomic mass is 10.0. The molecule has 0 aliphatic heterocycles. The van der Waals surface area contributed by atoms with Crippen LogP contribution < -0.4 is 11.1 Å². The van der Waals surface area contributed by atoms with E-state index in [0.29, 0.717) is 33.3 Å². The number of fused-ring (bicyclic) bond motifs is 2. The summed E-state index contributed by atoms with van der Waals surface area (Å²) in [4.78, 5) is 53.0. The predicted octanol–water partition coefficient (Wildman–Crippen LogP) is 2.50. The third-order valence-corrected chi connectivity index (χ3v) is 6.41. The fourth-order valence-electron chi connectivity index (χ4n) is 4.49. The standard InChI is InChI=1S/C16H18N2O3.C15H16N2O4/c1-9-12(10(2)19)13-11(6-7-16(3,4)21)8-17-15(20)14(13)18(9)5;1-8-10(14(19)20)11-9(5-6-15(2,3)21)7-17(4)13(18)12(11)16-8/h8,21H,1-5H3,(H,17,20);7,16,21H,1-4H3,(H,19,20). The number of nitrogens with one attached hydrogen (secondary N) is 2. The largest absolute Gasteiger partial charge is 0.478 e. The molecule has 4 heterocycles. The summed E-state index contributed by atoms with van der Waals surface area (Å²) in [5.74, 6) is 9.72. The van der Waals surface area contributed by atoms with Crippen LogP contribution in [0.4, 0.5) is 0 Å². The first-order chi connectivity index (χ1) is 19.2. The zero-order valence-electron chi connectivity index (χ0n) is 25.0. The monoisotopic (exact) mass is 574 g/mol. The molecule has 0 amide bonds. The third kappa shape index (κ3) is 6.39.